The highest BCUT2D eigenvalue weighted by Gasteiger charge is 2.27. The van der Waals surface area contributed by atoms with Crippen molar-refractivity contribution in [3.05, 3.63) is 50.7 Å². The van der Waals surface area contributed by atoms with Crippen LogP contribution in [-0.2, 0) is 6.54 Å². The summed E-state index contributed by atoms with van der Waals surface area (Å²) >= 11 is 0. The Hall–Kier alpha value is -3.74. The first kappa shape index (κ1) is 22.5. The van der Waals surface area contributed by atoms with Gasteiger partial charge in [0.05, 0.1) is 4.92 Å². The molecule has 0 bridgehead atoms. The Balaban J connectivity index is 1.23. The standard InChI is InChI=1S/C20H24N6O7/c27-20(33-17-3-1-16(2-4-17)25(28)29)23-7-5-15(6-8-23)13-22-9-10-24-14-18(26(30)31)21-19(24)32-12-11-22/h1-4,14-15H,5-13H2. The molecule has 0 radical (unpaired) electrons. The number of nitro benzene ring substituents is 1. The fourth-order valence-electron chi connectivity index (χ4n) is 4.02. The average molecular weight is 460 g/mol. The van der Waals surface area contributed by atoms with Gasteiger partial charge >= 0.3 is 17.9 Å². The molecule has 33 heavy (non-hydrogen) atoms. The number of piperidine rings is 1. The number of carbonyl (C=O) groups excluding carboxylic acids is 1. The van der Waals surface area contributed by atoms with Gasteiger partial charge in [-0.1, -0.05) is 0 Å². The van der Waals surface area contributed by atoms with E-state index >= 15 is 0 Å². The molecule has 0 unspecified atom stereocenters. The lowest BCUT2D eigenvalue weighted by Gasteiger charge is -2.34. The zero-order valence-corrected chi connectivity index (χ0v) is 17.9. The predicted octanol–water partition coefficient (Wildman–Crippen LogP) is 2.30. The number of aromatic nitrogens is 2. The van der Waals surface area contributed by atoms with Crippen LogP contribution in [0.15, 0.2) is 30.5 Å². The van der Waals surface area contributed by atoms with Gasteiger partial charge in [-0.3, -0.25) is 19.6 Å². The number of nitrogens with zero attached hydrogens (tertiary/aromatic N) is 6. The van der Waals surface area contributed by atoms with E-state index in [1.54, 1.807) is 9.47 Å². The minimum atomic E-state index is -0.528. The third-order valence-corrected chi connectivity index (χ3v) is 5.85. The van der Waals surface area contributed by atoms with E-state index in [0.29, 0.717) is 38.7 Å². The lowest BCUT2D eigenvalue weighted by atomic mass is 9.96. The van der Waals surface area contributed by atoms with Crippen LogP contribution in [0.25, 0.3) is 0 Å². The van der Waals surface area contributed by atoms with E-state index in [9.17, 15) is 25.0 Å². The molecule has 1 amide bonds. The van der Waals surface area contributed by atoms with Gasteiger partial charge in [0.1, 0.15) is 18.6 Å². The van der Waals surface area contributed by atoms with Gasteiger partial charge < -0.3 is 24.5 Å². The summed E-state index contributed by atoms with van der Waals surface area (Å²) in [5, 5.41) is 21.7. The quantitative estimate of drug-likeness (QED) is 0.484. The summed E-state index contributed by atoms with van der Waals surface area (Å²) in [6, 6.07) is 5.70. The smallest absolute Gasteiger partial charge is 0.415 e. The highest BCUT2D eigenvalue weighted by Crippen LogP contribution is 2.23. The zero-order valence-electron chi connectivity index (χ0n) is 17.9. The second-order valence-corrected chi connectivity index (χ2v) is 8.03. The summed E-state index contributed by atoms with van der Waals surface area (Å²) in [7, 11) is 0. The van der Waals surface area contributed by atoms with E-state index in [-0.39, 0.29) is 23.3 Å². The first-order valence-electron chi connectivity index (χ1n) is 10.7. The molecule has 176 valence electrons. The summed E-state index contributed by atoms with van der Waals surface area (Å²) in [5.74, 6) is 0.461. The lowest BCUT2D eigenvalue weighted by Crippen LogP contribution is -2.44. The molecule has 3 heterocycles. The fraction of sp³-hybridized carbons (Fsp3) is 0.500. The van der Waals surface area contributed by atoms with Gasteiger partial charge in [-0.05, 0) is 35.8 Å². The summed E-state index contributed by atoms with van der Waals surface area (Å²) in [5.41, 5.74) is -0.0623. The second-order valence-electron chi connectivity index (χ2n) is 8.03. The van der Waals surface area contributed by atoms with Gasteiger partial charge in [-0.15, -0.1) is 0 Å². The normalized spacial score (nSPS) is 17.4. The van der Waals surface area contributed by atoms with Crippen molar-refractivity contribution in [2.24, 2.45) is 5.92 Å². The SMILES string of the molecule is O=C(Oc1ccc([N+](=O)[O-])cc1)N1CCC(CN2CCOc3nc([N+](=O)[O-])cn3CC2)CC1. The predicted molar refractivity (Wildman–Crippen MR) is 114 cm³/mol. The number of rotatable bonds is 5. The Bertz CT molecular complexity index is 1020. The molecule has 0 spiro atoms. The van der Waals surface area contributed by atoms with Crippen molar-refractivity contribution in [2.75, 3.05) is 39.3 Å². The number of imidazole rings is 1. The first-order valence-corrected chi connectivity index (χ1v) is 10.7. The van der Waals surface area contributed by atoms with Crippen molar-refractivity contribution in [1.82, 2.24) is 19.4 Å². The number of non-ortho nitro benzene ring substituents is 1. The topological polar surface area (TPSA) is 146 Å². The fourth-order valence-corrected chi connectivity index (χ4v) is 4.02. The molecule has 1 fully saturated rings. The summed E-state index contributed by atoms with van der Waals surface area (Å²) in [4.78, 5) is 40.9. The van der Waals surface area contributed by atoms with Crippen LogP contribution in [0.5, 0.6) is 11.8 Å². The molecule has 13 nitrogen and oxygen atoms in total. The number of fused-ring (bicyclic) bond motifs is 1. The summed E-state index contributed by atoms with van der Waals surface area (Å²) in [6.07, 6.45) is 2.59. The Kier molecular flexibility index (Phi) is 6.68. The number of carbonyl (C=O) groups is 1. The van der Waals surface area contributed by atoms with Gasteiger partial charge in [-0.25, -0.2) is 4.79 Å². The van der Waals surface area contributed by atoms with Crippen molar-refractivity contribution in [3.8, 4) is 11.8 Å². The van der Waals surface area contributed by atoms with Crippen LogP contribution in [0.4, 0.5) is 16.3 Å². The van der Waals surface area contributed by atoms with Crippen molar-refractivity contribution in [2.45, 2.75) is 19.4 Å². The molecule has 13 heteroatoms. The molecule has 0 N–H and O–H groups in total. The van der Waals surface area contributed by atoms with Gasteiger partial charge in [0, 0.05) is 56.4 Å². The molecule has 0 aliphatic carbocycles. The summed E-state index contributed by atoms with van der Waals surface area (Å²) < 4.78 is 12.6. The molecular weight excluding hydrogens is 436 g/mol. The van der Waals surface area contributed by atoms with E-state index in [0.717, 1.165) is 25.9 Å². The Morgan fingerprint density at radius 3 is 2.45 bits per heavy atom. The van der Waals surface area contributed by atoms with E-state index < -0.39 is 15.9 Å². The van der Waals surface area contributed by atoms with Gasteiger partial charge in [0.2, 0.25) is 0 Å². The zero-order chi connectivity index (χ0) is 23.4. The lowest BCUT2D eigenvalue weighted by molar-refractivity contribution is -0.389. The Morgan fingerprint density at radius 2 is 1.79 bits per heavy atom. The summed E-state index contributed by atoms with van der Waals surface area (Å²) in [6.45, 7) is 4.36. The van der Waals surface area contributed by atoms with Crippen LogP contribution < -0.4 is 9.47 Å². The number of amides is 1. The Labute approximate surface area is 188 Å². The van der Waals surface area contributed by atoms with E-state index in [4.69, 9.17) is 9.47 Å². The molecular formula is C20H24N6O7. The van der Waals surface area contributed by atoms with Crippen molar-refractivity contribution in [3.63, 3.8) is 0 Å². The maximum Gasteiger partial charge on any atom is 0.415 e. The van der Waals surface area contributed by atoms with Crippen molar-refractivity contribution in [1.29, 1.82) is 0 Å². The third-order valence-electron chi connectivity index (χ3n) is 5.85. The molecule has 1 saturated heterocycles. The van der Waals surface area contributed by atoms with Crippen LogP contribution in [-0.4, -0.2) is 74.6 Å². The molecule has 4 rings (SSSR count). The van der Waals surface area contributed by atoms with Crippen LogP contribution in [0.3, 0.4) is 0 Å². The highest BCUT2D eigenvalue weighted by atomic mass is 16.6. The van der Waals surface area contributed by atoms with Crippen LogP contribution in [0.1, 0.15) is 12.8 Å². The van der Waals surface area contributed by atoms with Crippen molar-refractivity contribution >= 4 is 17.6 Å². The number of hydrogen-bond donors (Lipinski definition) is 0. The first-order chi connectivity index (χ1) is 15.9. The van der Waals surface area contributed by atoms with E-state index in [1.165, 1.54) is 30.5 Å². The van der Waals surface area contributed by atoms with Crippen LogP contribution in [0.2, 0.25) is 0 Å². The molecule has 1 aromatic heterocycles. The molecule has 1 aromatic carbocycles. The number of ether oxygens (including phenoxy) is 2. The third kappa shape index (κ3) is 5.55. The van der Waals surface area contributed by atoms with Gasteiger partial charge in [0.25, 0.3) is 5.69 Å². The second kappa shape index (κ2) is 9.81. The Morgan fingerprint density at radius 1 is 1.06 bits per heavy atom. The minimum Gasteiger partial charge on any atom is -0.444 e. The number of likely N-dealkylation sites (tertiary alicyclic amines) is 1. The molecule has 0 atom stereocenters. The monoisotopic (exact) mass is 460 g/mol. The average Bonchev–Trinajstić information content (AvgIpc) is 3.19. The molecule has 2 aliphatic heterocycles. The number of hydrogen-bond acceptors (Lipinski definition) is 9. The number of benzene rings is 1. The molecule has 2 aliphatic rings. The van der Waals surface area contributed by atoms with Gasteiger partial charge in [-0.2, -0.15) is 0 Å². The number of nitro groups is 2. The molecule has 0 saturated carbocycles. The highest BCUT2D eigenvalue weighted by molar-refractivity contribution is 5.70. The van der Waals surface area contributed by atoms with E-state index in [2.05, 4.69) is 9.88 Å². The molecule has 2 aromatic rings. The maximum atomic E-state index is 12.4. The van der Waals surface area contributed by atoms with Crippen LogP contribution in [0, 0.1) is 26.1 Å². The van der Waals surface area contributed by atoms with Crippen LogP contribution >= 0.6 is 0 Å². The van der Waals surface area contributed by atoms with E-state index in [1.807, 2.05) is 0 Å². The largest absolute Gasteiger partial charge is 0.444 e. The van der Waals surface area contributed by atoms with Gasteiger partial charge in [0.15, 0.2) is 0 Å². The maximum absolute atomic E-state index is 12.4. The minimum absolute atomic E-state index is 0.0623. The van der Waals surface area contributed by atoms with Crippen molar-refractivity contribution < 1.29 is 24.1 Å².